The largest absolute Gasteiger partial charge is 0.497 e. The van der Waals surface area contributed by atoms with Gasteiger partial charge in [-0.25, -0.2) is 0 Å². The number of nitrogens with one attached hydrogen (secondary N) is 2. The lowest BCUT2D eigenvalue weighted by Crippen LogP contribution is -2.34. The molecule has 0 bridgehead atoms. The standard InChI is InChI=1S/C30H35IN2O7/c1-18-10-21(12-23(11-18)36-4)29(34)32-16-19(2)39-26-8-7-9-27(28(26)31)40-20(3)17-33-30(35)22-13-24(37-5)15-25(14-22)38-6/h7-15,19-20H,16-17H2,1-6H3,(H,32,34)(H,33,35)/t19-,20-/m0/s1. The van der Waals surface area contributed by atoms with Crippen molar-refractivity contribution < 1.29 is 33.3 Å². The first kappa shape index (κ1) is 30.9. The summed E-state index contributed by atoms with van der Waals surface area (Å²) in [6, 6.07) is 15.9. The fourth-order valence-electron chi connectivity index (χ4n) is 3.80. The minimum atomic E-state index is -0.316. The number of benzene rings is 3. The smallest absolute Gasteiger partial charge is 0.251 e. The van der Waals surface area contributed by atoms with E-state index in [4.69, 9.17) is 23.7 Å². The molecule has 3 aromatic carbocycles. The molecule has 40 heavy (non-hydrogen) atoms. The van der Waals surface area contributed by atoms with Gasteiger partial charge >= 0.3 is 0 Å². The molecule has 0 saturated carbocycles. The first-order valence-corrected chi connectivity index (χ1v) is 13.8. The molecule has 0 radical (unpaired) electrons. The highest BCUT2D eigenvalue weighted by molar-refractivity contribution is 14.1. The van der Waals surface area contributed by atoms with Gasteiger partial charge < -0.3 is 34.3 Å². The Kier molecular flexibility index (Phi) is 11.3. The summed E-state index contributed by atoms with van der Waals surface area (Å²) in [7, 11) is 4.64. The SMILES string of the molecule is COc1cc(C)cc(C(=O)NC[C@H](C)Oc2cccc(O[C@@H](C)CNC(=O)c3cc(OC)cc(OC)c3)c2I)c1. The maximum absolute atomic E-state index is 12.7. The predicted octanol–water partition coefficient (Wildman–Crippen LogP) is 5.02. The average Bonchev–Trinajstić information content (AvgIpc) is 2.95. The van der Waals surface area contributed by atoms with Crippen LogP contribution in [0, 0.1) is 10.5 Å². The maximum Gasteiger partial charge on any atom is 0.251 e. The summed E-state index contributed by atoms with van der Waals surface area (Å²) in [5.41, 5.74) is 1.89. The van der Waals surface area contributed by atoms with Gasteiger partial charge in [0.15, 0.2) is 0 Å². The Labute approximate surface area is 248 Å². The van der Waals surface area contributed by atoms with Crippen LogP contribution in [0.15, 0.2) is 54.6 Å². The zero-order valence-corrected chi connectivity index (χ0v) is 25.7. The summed E-state index contributed by atoms with van der Waals surface area (Å²) in [4.78, 5) is 25.3. The van der Waals surface area contributed by atoms with Crippen LogP contribution in [0.4, 0.5) is 0 Å². The molecule has 214 valence electrons. The molecule has 0 heterocycles. The van der Waals surface area contributed by atoms with Crippen LogP contribution in [0.3, 0.4) is 0 Å². The number of carbonyl (C=O) groups excluding carboxylic acids is 2. The zero-order chi connectivity index (χ0) is 29.2. The van der Waals surface area contributed by atoms with Gasteiger partial charge in [0.1, 0.15) is 41.0 Å². The maximum atomic E-state index is 12.7. The number of halogens is 1. The van der Waals surface area contributed by atoms with Crippen LogP contribution in [-0.4, -0.2) is 58.4 Å². The number of carbonyl (C=O) groups is 2. The number of rotatable bonds is 13. The molecule has 0 fully saturated rings. The van der Waals surface area contributed by atoms with Gasteiger partial charge in [-0.1, -0.05) is 6.07 Å². The van der Waals surface area contributed by atoms with E-state index in [-0.39, 0.29) is 30.6 Å². The molecular formula is C30H35IN2O7. The summed E-state index contributed by atoms with van der Waals surface area (Å²) < 4.78 is 28.7. The van der Waals surface area contributed by atoms with Gasteiger partial charge in [-0.05, 0) is 91.4 Å². The van der Waals surface area contributed by atoms with E-state index < -0.39 is 0 Å². The van der Waals surface area contributed by atoms with Crippen molar-refractivity contribution in [1.29, 1.82) is 0 Å². The van der Waals surface area contributed by atoms with Crippen molar-refractivity contribution in [2.24, 2.45) is 0 Å². The van der Waals surface area contributed by atoms with Crippen molar-refractivity contribution in [1.82, 2.24) is 10.6 Å². The van der Waals surface area contributed by atoms with Crippen LogP contribution in [0.25, 0.3) is 0 Å². The highest BCUT2D eigenvalue weighted by Crippen LogP contribution is 2.31. The lowest BCUT2D eigenvalue weighted by molar-refractivity contribution is 0.0926. The molecule has 9 nitrogen and oxygen atoms in total. The van der Waals surface area contributed by atoms with Gasteiger partial charge in [-0.15, -0.1) is 0 Å². The Bertz CT molecular complexity index is 1310. The van der Waals surface area contributed by atoms with E-state index in [0.29, 0.717) is 46.4 Å². The molecular weight excluding hydrogens is 627 g/mol. The number of hydrogen-bond acceptors (Lipinski definition) is 7. The minimum absolute atomic E-state index is 0.201. The van der Waals surface area contributed by atoms with Gasteiger partial charge in [0.2, 0.25) is 0 Å². The van der Waals surface area contributed by atoms with Crippen LogP contribution < -0.4 is 34.3 Å². The van der Waals surface area contributed by atoms with Gasteiger partial charge in [0, 0.05) is 17.2 Å². The Morgan fingerprint density at radius 3 is 1.60 bits per heavy atom. The Balaban J connectivity index is 1.54. The molecule has 0 saturated heterocycles. The Morgan fingerprint density at radius 2 is 1.15 bits per heavy atom. The quantitative estimate of drug-likeness (QED) is 0.248. The molecule has 2 atom stereocenters. The van der Waals surface area contributed by atoms with E-state index in [2.05, 4.69) is 33.2 Å². The summed E-state index contributed by atoms with van der Waals surface area (Å²) in [6.07, 6.45) is -0.612. The third kappa shape index (κ3) is 8.67. The van der Waals surface area contributed by atoms with Crippen molar-refractivity contribution >= 4 is 34.4 Å². The van der Waals surface area contributed by atoms with Crippen LogP contribution in [0.2, 0.25) is 0 Å². The second-order valence-electron chi connectivity index (χ2n) is 9.19. The monoisotopic (exact) mass is 662 g/mol. The van der Waals surface area contributed by atoms with Crippen LogP contribution in [-0.2, 0) is 0 Å². The normalized spacial score (nSPS) is 12.1. The Hall–Kier alpha value is -3.67. The van der Waals surface area contributed by atoms with Crippen molar-refractivity contribution in [2.45, 2.75) is 33.0 Å². The fraction of sp³-hybridized carbons (Fsp3) is 0.333. The average molecular weight is 663 g/mol. The number of ether oxygens (including phenoxy) is 5. The van der Waals surface area contributed by atoms with Crippen molar-refractivity contribution in [3.8, 4) is 28.7 Å². The minimum Gasteiger partial charge on any atom is -0.497 e. The zero-order valence-electron chi connectivity index (χ0n) is 23.5. The summed E-state index contributed by atoms with van der Waals surface area (Å²) >= 11 is 2.17. The molecule has 0 aliphatic carbocycles. The van der Waals surface area contributed by atoms with E-state index in [1.165, 1.54) is 14.2 Å². The van der Waals surface area contributed by atoms with E-state index in [0.717, 1.165) is 9.13 Å². The molecule has 0 aliphatic heterocycles. The summed E-state index contributed by atoms with van der Waals surface area (Å²) in [5.74, 6) is 2.50. The molecule has 10 heteroatoms. The van der Waals surface area contributed by atoms with Gasteiger partial charge in [0.05, 0.1) is 38.0 Å². The van der Waals surface area contributed by atoms with Crippen LogP contribution in [0.5, 0.6) is 28.7 Å². The third-order valence-corrected chi connectivity index (χ3v) is 6.91. The second kappa shape index (κ2) is 14.6. The molecule has 0 aliphatic rings. The first-order valence-electron chi connectivity index (χ1n) is 12.7. The van der Waals surface area contributed by atoms with Crippen LogP contribution in [0.1, 0.15) is 40.1 Å². The first-order chi connectivity index (χ1) is 19.1. The van der Waals surface area contributed by atoms with Crippen LogP contribution >= 0.6 is 22.6 Å². The molecule has 3 aromatic rings. The van der Waals surface area contributed by atoms with Crippen molar-refractivity contribution in [3.63, 3.8) is 0 Å². The van der Waals surface area contributed by atoms with Crippen molar-refractivity contribution in [2.75, 3.05) is 34.4 Å². The highest BCUT2D eigenvalue weighted by atomic mass is 127. The third-order valence-electron chi connectivity index (χ3n) is 5.85. The van der Waals surface area contributed by atoms with E-state index >= 15 is 0 Å². The predicted molar refractivity (Wildman–Crippen MR) is 161 cm³/mol. The molecule has 2 amide bonds. The fourth-order valence-corrected chi connectivity index (χ4v) is 4.42. The number of methoxy groups -OCH3 is 3. The lowest BCUT2D eigenvalue weighted by atomic mass is 10.1. The molecule has 0 spiro atoms. The molecule has 0 aromatic heterocycles. The van der Waals surface area contributed by atoms with Gasteiger partial charge in [-0.3, -0.25) is 9.59 Å². The van der Waals surface area contributed by atoms with Gasteiger partial charge in [0.25, 0.3) is 11.8 Å². The summed E-state index contributed by atoms with van der Waals surface area (Å²) in [6.45, 7) is 6.26. The van der Waals surface area contributed by atoms with E-state index in [9.17, 15) is 9.59 Å². The number of hydrogen-bond donors (Lipinski definition) is 2. The number of amides is 2. The highest BCUT2D eigenvalue weighted by Gasteiger charge is 2.16. The van der Waals surface area contributed by atoms with E-state index in [1.807, 2.05) is 51.1 Å². The molecule has 3 rings (SSSR count). The molecule has 0 unspecified atom stereocenters. The Morgan fingerprint density at radius 1 is 0.725 bits per heavy atom. The summed E-state index contributed by atoms with van der Waals surface area (Å²) in [5, 5.41) is 5.79. The van der Waals surface area contributed by atoms with E-state index in [1.54, 1.807) is 31.4 Å². The van der Waals surface area contributed by atoms with Crippen molar-refractivity contribution in [3.05, 3.63) is 74.9 Å². The second-order valence-corrected chi connectivity index (χ2v) is 10.3. The number of aryl methyl sites for hydroxylation is 1. The lowest BCUT2D eigenvalue weighted by Gasteiger charge is -2.20. The van der Waals surface area contributed by atoms with Gasteiger partial charge in [-0.2, -0.15) is 0 Å². The molecule has 2 N–H and O–H groups in total. The topological polar surface area (TPSA) is 104 Å².